The number of carbonyl (C=O) groups excluding carboxylic acids is 1. The van der Waals surface area contributed by atoms with Crippen LogP contribution in [0.2, 0.25) is 0 Å². The molecule has 1 aliphatic rings. The van der Waals surface area contributed by atoms with Crippen LogP contribution >= 0.6 is 27.3 Å². The van der Waals surface area contributed by atoms with Gasteiger partial charge in [0.1, 0.15) is 11.6 Å². The fourth-order valence-corrected chi connectivity index (χ4v) is 4.47. The molecule has 0 saturated carbocycles. The third-order valence-corrected chi connectivity index (χ3v) is 6.10. The number of hydrogen-bond donors (Lipinski definition) is 1. The number of thiophene rings is 1. The van der Waals surface area contributed by atoms with Crippen molar-refractivity contribution >= 4 is 49.9 Å². The SMILES string of the molecule is Nc1nc(CN2CCN(C(=O)c3ccc(Br)s3)CC2)nc2ccccc12. The highest BCUT2D eigenvalue weighted by Gasteiger charge is 2.23. The fourth-order valence-electron chi connectivity index (χ4n) is 3.12. The molecule has 0 radical (unpaired) electrons. The molecule has 134 valence electrons. The van der Waals surface area contributed by atoms with Crippen LogP contribution in [0.15, 0.2) is 40.2 Å². The van der Waals surface area contributed by atoms with E-state index in [1.165, 1.54) is 11.3 Å². The van der Waals surface area contributed by atoms with E-state index in [-0.39, 0.29) is 5.91 Å². The number of nitrogens with two attached hydrogens (primary N) is 1. The number of benzene rings is 1. The monoisotopic (exact) mass is 431 g/mol. The number of carbonyl (C=O) groups is 1. The normalized spacial score (nSPS) is 15.5. The number of nitrogen functional groups attached to an aromatic ring is 1. The number of para-hydroxylation sites is 1. The minimum atomic E-state index is 0.103. The van der Waals surface area contributed by atoms with Gasteiger partial charge < -0.3 is 10.6 Å². The van der Waals surface area contributed by atoms with E-state index >= 15 is 0 Å². The maximum absolute atomic E-state index is 12.5. The topological polar surface area (TPSA) is 75.3 Å². The van der Waals surface area contributed by atoms with Crippen LogP contribution in [0, 0.1) is 0 Å². The van der Waals surface area contributed by atoms with Crippen LogP contribution in [0.4, 0.5) is 5.82 Å². The summed E-state index contributed by atoms with van der Waals surface area (Å²) in [6, 6.07) is 11.6. The second kappa shape index (κ2) is 7.30. The Balaban J connectivity index is 1.40. The summed E-state index contributed by atoms with van der Waals surface area (Å²) in [5, 5.41) is 0.883. The number of aromatic nitrogens is 2. The summed E-state index contributed by atoms with van der Waals surface area (Å²) in [6.45, 7) is 3.65. The van der Waals surface area contributed by atoms with Crippen molar-refractivity contribution in [2.24, 2.45) is 0 Å². The van der Waals surface area contributed by atoms with Crippen LogP contribution in [-0.2, 0) is 6.54 Å². The van der Waals surface area contributed by atoms with Gasteiger partial charge in [-0.3, -0.25) is 9.69 Å². The number of piperazine rings is 1. The number of amides is 1. The van der Waals surface area contributed by atoms with Gasteiger partial charge in [-0.1, -0.05) is 12.1 Å². The Morgan fingerprint density at radius 3 is 2.62 bits per heavy atom. The van der Waals surface area contributed by atoms with Crippen LogP contribution in [-0.4, -0.2) is 51.9 Å². The van der Waals surface area contributed by atoms with E-state index in [0.717, 1.165) is 38.5 Å². The van der Waals surface area contributed by atoms with Gasteiger partial charge in [-0.05, 0) is 40.2 Å². The molecule has 26 heavy (non-hydrogen) atoms. The molecule has 3 aromatic rings. The van der Waals surface area contributed by atoms with Gasteiger partial charge >= 0.3 is 0 Å². The lowest BCUT2D eigenvalue weighted by Gasteiger charge is -2.34. The minimum absolute atomic E-state index is 0.103. The molecule has 6 nitrogen and oxygen atoms in total. The maximum Gasteiger partial charge on any atom is 0.264 e. The van der Waals surface area contributed by atoms with Crippen molar-refractivity contribution in [1.82, 2.24) is 19.8 Å². The largest absolute Gasteiger partial charge is 0.383 e. The first-order valence-electron chi connectivity index (χ1n) is 8.38. The van der Waals surface area contributed by atoms with Crippen molar-refractivity contribution in [3.05, 3.63) is 50.9 Å². The zero-order valence-corrected chi connectivity index (χ0v) is 16.5. The van der Waals surface area contributed by atoms with Crippen molar-refractivity contribution < 1.29 is 4.79 Å². The Morgan fingerprint density at radius 1 is 1.12 bits per heavy atom. The number of nitrogens with zero attached hydrogens (tertiary/aromatic N) is 4. The van der Waals surface area contributed by atoms with E-state index in [1.54, 1.807) is 0 Å². The summed E-state index contributed by atoms with van der Waals surface area (Å²) in [4.78, 5) is 26.5. The lowest BCUT2D eigenvalue weighted by atomic mass is 10.2. The average Bonchev–Trinajstić information content (AvgIpc) is 3.08. The quantitative estimate of drug-likeness (QED) is 0.689. The van der Waals surface area contributed by atoms with Crippen LogP contribution in [0.25, 0.3) is 10.9 Å². The summed E-state index contributed by atoms with van der Waals surface area (Å²) in [5.41, 5.74) is 6.93. The smallest absolute Gasteiger partial charge is 0.264 e. The van der Waals surface area contributed by atoms with Gasteiger partial charge in [0.15, 0.2) is 0 Å². The van der Waals surface area contributed by atoms with E-state index in [4.69, 9.17) is 5.73 Å². The minimum Gasteiger partial charge on any atom is -0.383 e. The molecular formula is C18H18BrN5OS. The molecule has 0 unspecified atom stereocenters. The second-order valence-corrected chi connectivity index (χ2v) is 8.68. The van der Waals surface area contributed by atoms with Gasteiger partial charge in [0.05, 0.1) is 20.7 Å². The lowest BCUT2D eigenvalue weighted by Crippen LogP contribution is -2.48. The van der Waals surface area contributed by atoms with Gasteiger partial charge in [-0.15, -0.1) is 11.3 Å². The van der Waals surface area contributed by atoms with E-state index in [0.29, 0.717) is 25.5 Å². The van der Waals surface area contributed by atoms with Gasteiger partial charge in [-0.25, -0.2) is 9.97 Å². The van der Waals surface area contributed by atoms with Crippen LogP contribution in [0.3, 0.4) is 0 Å². The van der Waals surface area contributed by atoms with E-state index in [1.807, 2.05) is 41.3 Å². The van der Waals surface area contributed by atoms with Crippen molar-refractivity contribution in [1.29, 1.82) is 0 Å². The molecule has 1 saturated heterocycles. The Labute approximate surface area is 163 Å². The number of anilines is 1. The predicted octanol–water partition coefficient (Wildman–Crippen LogP) is 2.99. The molecule has 3 heterocycles. The summed E-state index contributed by atoms with van der Waals surface area (Å²) in [6.07, 6.45) is 0. The molecule has 1 aromatic carbocycles. The van der Waals surface area contributed by atoms with E-state index < -0.39 is 0 Å². The van der Waals surface area contributed by atoms with Crippen molar-refractivity contribution in [2.45, 2.75) is 6.54 Å². The average molecular weight is 432 g/mol. The van der Waals surface area contributed by atoms with Crippen molar-refractivity contribution in [3.8, 4) is 0 Å². The van der Waals surface area contributed by atoms with Crippen LogP contribution in [0.1, 0.15) is 15.5 Å². The Kier molecular flexibility index (Phi) is 4.88. The summed E-state index contributed by atoms with van der Waals surface area (Å²) in [7, 11) is 0. The molecule has 0 spiro atoms. The molecule has 1 amide bonds. The molecule has 0 atom stereocenters. The van der Waals surface area contributed by atoms with Gasteiger partial charge in [0.25, 0.3) is 5.91 Å². The molecule has 1 aliphatic heterocycles. The number of halogens is 1. The van der Waals surface area contributed by atoms with Crippen LogP contribution in [0.5, 0.6) is 0 Å². The first-order valence-corrected chi connectivity index (χ1v) is 9.99. The molecule has 0 aliphatic carbocycles. The molecule has 0 bridgehead atoms. The molecule has 2 N–H and O–H groups in total. The fraction of sp³-hybridized carbons (Fsp3) is 0.278. The second-order valence-electron chi connectivity index (χ2n) is 6.21. The highest BCUT2D eigenvalue weighted by molar-refractivity contribution is 9.11. The summed E-state index contributed by atoms with van der Waals surface area (Å²) in [5.74, 6) is 1.34. The van der Waals surface area contributed by atoms with E-state index in [2.05, 4.69) is 30.8 Å². The first-order chi connectivity index (χ1) is 12.6. The molecule has 2 aromatic heterocycles. The molecule has 8 heteroatoms. The number of fused-ring (bicyclic) bond motifs is 1. The summed E-state index contributed by atoms with van der Waals surface area (Å²) < 4.78 is 0.977. The Morgan fingerprint density at radius 2 is 1.88 bits per heavy atom. The van der Waals surface area contributed by atoms with Crippen LogP contribution < -0.4 is 5.73 Å². The number of hydrogen-bond acceptors (Lipinski definition) is 6. The first kappa shape index (κ1) is 17.4. The highest BCUT2D eigenvalue weighted by atomic mass is 79.9. The van der Waals surface area contributed by atoms with Crippen molar-refractivity contribution in [3.63, 3.8) is 0 Å². The summed E-state index contributed by atoms with van der Waals surface area (Å²) >= 11 is 4.88. The molecular weight excluding hydrogens is 414 g/mol. The molecule has 1 fully saturated rings. The Hall–Kier alpha value is -2.03. The standard InChI is InChI=1S/C18H18BrN5OS/c19-15-6-5-14(26-15)18(25)24-9-7-23(8-10-24)11-16-21-13-4-2-1-3-12(13)17(20)22-16/h1-6H,7-11H2,(H2,20,21,22). The highest BCUT2D eigenvalue weighted by Crippen LogP contribution is 2.24. The molecule has 4 rings (SSSR count). The zero-order valence-electron chi connectivity index (χ0n) is 14.1. The maximum atomic E-state index is 12.5. The Bertz CT molecular complexity index is 952. The third kappa shape index (κ3) is 3.58. The van der Waals surface area contributed by atoms with Gasteiger partial charge in [0.2, 0.25) is 0 Å². The van der Waals surface area contributed by atoms with Crippen molar-refractivity contribution in [2.75, 3.05) is 31.9 Å². The third-order valence-electron chi connectivity index (χ3n) is 4.49. The van der Waals surface area contributed by atoms with E-state index in [9.17, 15) is 4.79 Å². The van der Waals surface area contributed by atoms with Gasteiger partial charge in [-0.2, -0.15) is 0 Å². The van der Waals surface area contributed by atoms with Gasteiger partial charge in [0, 0.05) is 31.6 Å². The lowest BCUT2D eigenvalue weighted by molar-refractivity contribution is 0.0630. The number of rotatable bonds is 3. The zero-order chi connectivity index (χ0) is 18.1. The predicted molar refractivity (Wildman–Crippen MR) is 107 cm³/mol.